The van der Waals surface area contributed by atoms with Crippen molar-refractivity contribution in [2.75, 3.05) is 69.3 Å². The van der Waals surface area contributed by atoms with E-state index in [1.54, 1.807) is 0 Å². The minimum absolute atomic E-state index is 0.0177. The van der Waals surface area contributed by atoms with Crippen molar-refractivity contribution in [2.24, 2.45) is 5.92 Å². The molecule has 14 nitrogen and oxygen atoms in total. The zero-order valence-corrected chi connectivity index (χ0v) is 28.2. The normalized spacial score (nSPS) is 16.7. The Hall–Kier alpha value is -4.17. The van der Waals surface area contributed by atoms with Crippen LogP contribution in [0.3, 0.4) is 0 Å². The van der Waals surface area contributed by atoms with Crippen LogP contribution in [0.1, 0.15) is 64.7 Å². The average Bonchev–Trinajstić information content (AvgIpc) is 3.16. The van der Waals surface area contributed by atoms with Crippen LogP contribution in [0.2, 0.25) is 0 Å². The first-order valence-electron chi connectivity index (χ1n) is 16.8. The highest BCUT2D eigenvalue weighted by molar-refractivity contribution is 6.02. The van der Waals surface area contributed by atoms with E-state index in [0.717, 1.165) is 60.9 Å². The number of aromatic nitrogens is 1. The van der Waals surface area contributed by atoms with Crippen LogP contribution in [0.5, 0.6) is 0 Å². The summed E-state index contributed by atoms with van der Waals surface area (Å²) in [6.07, 6.45) is 9.74. The SMILES string of the molecule is CNc1c(N)nc2ccccc2c1N(C)CCCCNNCC(=O)NCC(=O)NCC(=O)NCC(=O)NC1CCCCCCCC1C. The monoisotopic (exact) mass is 654 g/mol. The highest BCUT2D eigenvalue weighted by Crippen LogP contribution is 2.36. The number of fused-ring (bicyclic) bond motifs is 1. The van der Waals surface area contributed by atoms with Crippen LogP contribution < -0.4 is 48.1 Å². The highest BCUT2D eigenvalue weighted by Gasteiger charge is 2.21. The van der Waals surface area contributed by atoms with Crippen LogP contribution in [0.15, 0.2) is 24.3 Å². The van der Waals surface area contributed by atoms with Gasteiger partial charge in [0.15, 0.2) is 0 Å². The molecule has 0 aliphatic heterocycles. The molecule has 1 aliphatic rings. The third kappa shape index (κ3) is 12.9. The molecular formula is C33H54N10O4. The topological polar surface area (TPSA) is 195 Å². The zero-order valence-electron chi connectivity index (χ0n) is 28.2. The molecule has 1 aromatic carbocycles. The Balaban J connectivity index is 1.22. The molecule has 1 saturated carbocycles. The molecule has 1 heterocycles. The smallest absolute Gasteiger partial charge is 0.239 e. The van der Waals surface area contributed by atoms with E-state index in [1.165, 1.54) is 25.7 Å². The van der Waals surface area contributed by atoms with Gasteiger partial charge in [-0.3, -0.25) is 24.6 Å². The Morgan fingerprint density at radius 3 is 2.15 bits per heavy atom. The third-order valence-electron chi connectivity index (χ3n) is 8.49. The largest absolute Gasteiger partial charge is 0.383 e. The van der Waals surface area contributed by atoms with Gasteiger partial charge in [-0.2, -0.15) is 0 Å². The van der Waals surface area contributed by atoms with Crippen molar-refractivity contribution in [1.82, 2.24) is 37.1 Å². The average molecular weight is 655 g/mol. The van der Waals surface area contributed by atoms with Gasteiger partial charge in [0.1, 0.15) is 11.5 Å². The number of nitrogens with zero attached hydrogens (tertiary/aromatic N) is 2. The van der Waals surface area contributed by atoms with E-state index in [9.17, 15) is 19.2 Å². The minimum Gasteiger partial charge on any atom is -0.383 e. The summed E-state index contributed by atoms with van der Waals surface area (Å²) in [5, 5.41) is 14.8. The fourth-order valence-corrected chi connectivity index (χ4v) is 5.80. The lowest BCUT2D eigenvalue weighted by Gasteiger charge is -2.25. The van der Waals surface area contributed by atoms with Gasteiger partial charge in [0, 0.05) is 38.6 Å². The summed E-state index contributed by atoms with van der Waals surface area (Å²) < 4.78 is 0. The number of nitrogens with two attached hydrogens (primary N) is 1. The predicted molar refractivity (Wildman–Crippen MR) is 187 cm³/mol. The molecule has 0 bridgehead atoms. The Kier molecular flexibility index (Phi) is 16.0. The molecule has 0 radical (unpaired) electrons. The molecule has 3 rings (SSSR count). The first-order valence-corrected chi connectivity index (χ1v) is 16.8. The fraction of sp³-hybridized carbons (Fsp3) is 0.606. The number of rotatable bonds is 17. The first-order chi connectivity index (χ1) is 22.7. The number of carbonyl (C=O) groups excluding carboxylic acids is 4. The molecule has 1 aromatic heterocycles. The van der Waals surface area contributed by atoms with Gasteiger partial charge in [0.05, 0.1) is 37.4 Å². The van der Waals surface area contributed by atoms with Gasteiger partial charge in [-0.15, -0.1) is 0 Å². The van der Waals surface area contributed by atoms with Crippen LogP contribution in [-0.2, 0) is 19.2 Å². The summed E-state index contributed by atoms with van der Waals surface area (Å²) in [4.78, 5) is 55.3. The van der Waals surface area contributed by atoms with Crippen molar-refractivity contribution in [3.63, 3.8) is 0 Å². The number of pyridine rings is 1. The Morgan fingerprint density at radius 2 is 1.45 bits per heavy atom. The van der Waals surface area contributed by atoms with Crippen molar-refractivity contribution < 1.29 is 19.2 Å². The van der Waals surface area contributed by atoms with E-state index < -0.39 is 11.8 Å². The molecule has 2 unspecified atom stereocenters. The Bertz CT molecular complexity index is 1320. The van der Waals surface area contributed by atoms with E-state index in [0.29, 0.717) is 18.3 Å². The fourth-order valence-electron chi connectivity index (χ4n) is 5.80. The number of anilines is 3. The number of amides is 4. The third-order valence-corrected chi connectivity index (χ3v) is 8.49. The predicted octanol–water partition coefficient (Wildman–Crippen LogP) is 1.38. The standard InChI is InChI=1S/C33H54N10O4/c1-23-13-7-5-4-6-8-15-25(23)41-30(47)21-38-28(45)19-36-27(44)20-37-29(46)22-40-39-17-11-12-18-43(3)32-24-14-9-10-16-26(24)42-33(34)31(32)35-2/h9-10,14,16,23,25,35,39-40H,4-8,11-13,15,17-22H2,1-3H3,(H2,34,42)(H,36,44)(H,37,46)(H,38,45)(H,41,47). The van der Waals surface area contributed by atoms with Crippen molar-refractivity contribution in [3.05, 3.63) is 24.3 Å². The number of hydrogen-bond donors (Lipinski definition) is 8. The van der Waals surface area contributed by atoms with E-state index in [4.69, 9.17) is 5.73 Å². The van der Waals surface area contributed by atoms with Gasteiger partial charge in [0.2, 0.25) is 23.6 Å². The maximum atomic E-state index is 12.4. The summed E-state index contributed by atoms with van der Waals surface area (Å²) in [7, 11) is 3.86. The van der Waals surface area contributed by atoms with Crippen LogP contribution in [-0.4, -0.2) is 88.0 Å². The first kappa shape index (κ1) is 37.3. The van der Waals surface area contributed by atoms with Crippen LogP contribution >= 0.6 is 0 Å². The maximum Gasteiger partial charge on any atom is 0.239 e. The summed E-state index contributed by atoms with van der Waals surface area (Å²) in [5.74, 6) is -0.705. The number of benzene rings is 1. The minimum atomic E-state index is -0.500. The molecule has 47 heavy (non-hydrogen) atoms. The summed E-state index contributed by atoms with van der Waals surface area (Å²) in [5.41, 5.74) is 14.7. The van der Waals surface area contributed by atoms with E-state index >= 15 is 0 Å². The van der Waals surface area contributed by atoms with Crippen molar-refractivity contribution in [3.8, 4) is 0 Å². The molecule has 1 fully saturated rings. The van der Waals surface area contributed by atoms with Gasteiger partial charge >= 0.3 is 0 Å². The molecule has 2 aromatic rings. The maximum absolute atomic E-state index is 12.4. The van der Waals surface area contributed by atoms with Gasteiger partial charge in [-0.1, -0.05) is 57.2 Å². The van der Waals surface area contributed by atoms with Gasteiger partial charge in [-0.25, -0.2) is 10.4 Å². The van der Waals surface area contributed by atoms with Crippen LogP contribution in [0, 0.1) is 5.92 Å². The molecule has 0 spiro atoms. The van der Waals surface area contributed by atoms with Gasteiger partial charge in [-0.05, 0) is 37.7 Å². The van der Waals surface area contributed by atoms with Gasteiger partial charge < -0.3 is 37.2 Å². The lowest BCUT2D eigenvalue weighted by Crippen LogP contribution is -2.47. The summed E-state index contributed by atoms with van der Waals surface area (Å²) in [6.45, 7) is 2.91. The lowest BCUT2D eigenvalue weighted by atomic mass is 9.93. The molecule has 0 saturated heterocycles. The number of hydrogen-bond acceptors (Lipinski definition) is 10. The molecular weight excluding hydrogens is 600 g/mol. The Labute approximate surface area is 278 Å². The number of carbonyl (C=O) groups is 4. The number of hydrazine groups is 1. The van der Waals surface area contributed by atoms with E-state index in [2.05, 4.69) is 54.2 Å². The number of nitrogens with one attached hydrogen (secondary N) is 7. The summed E-state index contributed by atoms with van der Waals surface area (Å²) >= 11 is 0. The van der Waals surface area contributed by atoms with Crippen LogP contribution in [0.4, 0.5) is 17.2 Å². The second kappa shape index (κ2) is 20.1. The van der Waals surface area contributed by atoms with Crippen molar-refractivity contribution >= 4 is 51.7 Å². The van der Waals surface area contributed by atoms with Crippen LogP contribution in [0.25, 0.3) is 10.9 Å². The van der Waals surface area contributed by atoms with Crippen molar-refractivity contribution in [2.45, 2.75) is 70.8 Å². The van der Waals surface area contributed by atoms with Crippen molar-refractivity contribution in [1.29, 1.82) is 0 Å². The van der Waals surface area contributed by atoms with Gasteiger partial charge in [0.25, 0.3) is 0 Å². The second-order valence-corrected chi connectivity index (χ2v) is 12.2. The molecule has 2 atom stereocenters. The summed E-state index contributed by atoms with van der Waals surface area (Å²) in [6, 6.07) is 8.03. The van der Waals surface area contributed by atoms with E-state index in [-0.39, 0.29) is 44.0 Å². The number of nitrogen functional groups attached to an aromatic ring is 1. The lowest BCUT2D eigenvalue weighted by molar-refractivity contribution is -0.128. The Morgan fingerprint density at radius 1 is 0.830 bits per heavy atom. The highest BCUT2D eigenvalue weighted by atomic mass is 16.2. The number of para-hydroxylation sites is 1. The molecule has 1 aliphatic carbocycles. The van der Waals surface area contributed by atoms with E-state index in [1.807, 2.05) is 38.4 Å². The number of unbranched alkanes of at least 4 members (excludes halogenated alkanes) is 1. The molecule has 260 valence electrons. The second-order valence-electron chi connectivity index (χ2n) is 12.2. The zero-order chi connectivity index (χ0) is 34.0. The molecule has 14 heteroatoms. The molecule has 4 amide bonds. The quantitative estimate of drug-likeness (QED) is 0.0912. The molecule has 9 N–H and O–H groups in total.